The Morgan fingerprint density at radius 3 is 2.65 bits per heavy atom. The second-order valence-corrected chi connectivity index (χ2v) is 6.47. The minimum Gasteiger partial charge on any atom is -0.391 e. The molecule has 4 heteroatoms. The van der Waals surface area contributed by atoms with Crippen LogP contribution in [0.5, 0.6) is 0 Å². The highest BCUT2D eigenvalue weighted by molar-refractivity contribution is 5.95. The molecule has 1 saturated carbocycles. The van der Waals surface area contributed by atoms with Gasteiger partial charge in [0.05, 0.1) is 11.7 Å². The van der Waals surface area contributed by atoms with E-state index in [-0.39, 0.29) is 5.91 Å². The Bertz CT molecular complexity index is 687. The van der Waals surface area contributed by atoms with Crippen LogP contribution in [0.25, 0.3) is 0 Å². The maximum Gasteiger partial charge on any atom is 0.253 e. The largest absolute Gasteiger partial charge is 0.391 e. The summed E-state index contributed by atoms with van der Waals surface area (Å²) in [6.45, 7) is 5.09. The number of amides is 1. The van der Waals surface area contributed by atoms with E-state index in [0.717, 1.165) is 30.8 Å². The normalized spacial score (nSPS) is 15.4. The summed E-state index contributed by atoms with van der Waals surface area (Å²) in [6.07, 6.45) is 1.73. The van der Waals surface area contributed by atoms with Gasteiger partial charge in [-0.15, -0.1) is 0 Å². The molecule has 1 aromatic carbocycles. The second kappa shape index (κ2) is 6.59. The summed E-state index contributed by atoms with van der Waals surface area (Å²) in [4.78, 5) is 12.4. The van der Waals surface area contributed by atoms with E-state index >= 15 is 0 Å². The number of aliphatic hydroxyl groups is 1. The number of rotatable bonds is 6. The quantitative estimate of drug-likeness (QED) is 0.861. The molecule has 0 radical (unpaired) electrons. The lowest BCUT2D eigenvalue weighted by molar-refractivity contribution is 0.0900. The van der Waals surface area contributed by atoms with Crippen LogP contribution >= 0.6 is 0 Å². The molecule has 0 bridgehead atoms. The van der Waals surface area contributed by atoms with Crippen LogP contribution < -0.4 is 5.32 Å². The maximum atomic E-state index is 12.4. The molecule has 1 aliphatic carbocycles. The van der Waals surface area contributed by atoms with E-state index in [9.17, 15) is 9.90 Å². The van der Waals surface area contributed by atoms with Crippen molar-refractivity contribution in [2.24, 2.45) is 5.92 Å². The molecule has 2 aromatic rings. The van der Waals surface area contributed by atoms with Gasteiger partial charge in [0.1, 0.15) is 0 Å². The zero-order valence-corrected chi connectivity index (χ0v) is 13.7. The fourth-order valence-corrected chi connectivity index (χ4v) is 2.98. The number of hydrogen-bond acceptors (Lipinski definition) is 2. The second-order valence-electron chi connectivity index (χ2n) is 6.47. The Hall–Kier alpha value is -2.07. The van der Waals surface area contributed by atoms with Crippen LogP contribution in [-0.4, -0.2) is 28.2 Å². The molecule has 1 atom stereocenters. The summed E-state index contributed by atoms with van der Waals surface area (Å²) in [5, 5.41) is 12.8. The number of aryl methyl sites for hydroxylation is 1. The van der Waals surface area contributed by atoms with Crippen molar-refractivity contribution in [3.8, 4) is 0 Å². The molecular weight excluding hydrogens is 288 g/mol. The van der Waals surface area contributed by atoms with Gasteiger partial charge >= 0.3 is 0 Å². The van der Waals surface area contributed by atoms with Crippen LogP contribution in [0.4, 0.5) is 0 Å². The third-order valence-corrected chi connectivity index (χ3v) is 4.64. The number of hydrogen-bond donors (Lipinski definition) is 2. The van der Waals surface area contributed by atoms with Crippen molar-refractivity contribution >= 4 is 5.91 Å². The Kier molecular flexibility index (Phi) is 4.53. The number of aliphatic hydroxyl groups excluding tert-OH is 1. The summed E-state index contributed by atoms with van der Waals surface area (Å²) in [7, 11) is 0. The fraction of sp³-hybridized carbons (Fsp3) is 0.421. The summed E-state index contributed by atoms with van der Waals surface area (Å²) in [5.41, 5.74) is 3.94. The van der Waals surface area contributed by atoms with Gasteiger partial charge in [-0.25, -0.2) is 0 Å². The highest BCUT2D eigenvalue weighted by Crippen LogP contribution is 2.32. The first-order chi connectivity index (χ1) is 11.1. The standard InChI is InChI=1S/C19H24N2O2/c1-13-10-17(19(23)20-11-18(22)16-8-9-16)14(2)21(13)12-15-6-4-3-5-7-15/h3-7,10,16,18,22H,8-9,11-12H2,1-2H3,(H,20,23). The van der Waals surface area contributed by atoms with Gasteiger partial charge in [0.2, 0.25) is 0 Å². The molecule has 122 valence electrons. The molecular formula is C19H24N2O2. The van der Waals surface area contributed by atoms with Crippen molar-refractivity contribution in [1.82, 2.24) is 9.88 Å². The molecule has 23 heavy (non-hydrogen) atoms. The smallest absolute Gasteiger partial charge is 0.253 e. The zero-order chi connectivity index (χ0) is 16.4. The van der Waals surface area contributed by atoms with Crippen LogP contribution in [0.1, 0.15) is 40.2 Å². The van der Waals surface area contributed by atoms with Crippen molar-refractivity contribution in [1.29, 1.82) is 0 Å². The summed E-state index contributed by atoms with van der Waals surface area (Å²) >= 11 is 0. The fourth-order valence-electron chi connectivity index (χ4n) is 2.98. The van der Waals surface area contributed by atoms with E-state index in [1.54, 1.807) is 0 Å². The van der Waals surface area contributed by atoms with Gasteiger partial charge in [0.15, 0.2) is 0 Å². The topological polar surface area (TPSA) is 54.3 Å². The lowest BCUT2D eigenvalue weighted by Gasteiger charge is -2.12. The lowest BCUT2D eigenvalue weighted by atomic mass is 10.2. The molecule has 0 saturated heterocycles. The molecule has 1 aromatic heterocycles. The van der Waals surface area contributed by atoms with E-state index in [1.807, 2.05) is 38.1 Å². The average Bonchev–Trinajstić information content (AvgIpc) is 3.36. The molecule has 2 N–H and O–H groups in total. The van der Waals surface area contributed by atoms with Gasteiger partial charge < -0.3 is 15.0 Å². The molecule has 3 rings (SSSR count). The lowest BCUT2D eigenvalue weighted by Crippen LogP contribution is -2.33. The van der Waals surface area contributed by atoms with Crippen LogP contribution in [-0.2, 0) is 6.54 Å². The van der Waals surface area contributed by atoms with Crippen LogP contribution in [0.3, 0.4) is 0 Å². The average molecular weight is 312 g/mol. The molecule has 0 aliphatic heterocycles. The number of aromatic nitrogens is 1. The van der Waals surface area contributed by atoms with Crippen molar-refractivity contribution in [2.45, 2.75) is 39.3 Å². The van der Waals surface area contributed by atoms with Crippen molar-refractivity contribution in [3.63, 3.8) is 0 Å². The summed E-state index contributed by atoms with van der Waals surface area (Å²) in [5.74, 6) is 0.276. The predicted octanol–water partition coefficient (Wildman–Crippen LogP) is 2.65. The highest BCUT2D eigenvalue weighted by atomic mass is 16.3. The van der Waals surface area contributed by atoms with E-state index in [0.29, 0.717) is 18.0 Å². The van der Waals surface area contributed by atoms with Crippen LogP contribution in [0, 0.1) is 19.8 Å². The van der Waals surface area contributed by atoms with Gasteiger partial charge in [-0.1, -0.05) is 30.3 Å². The van der Waals surface area contributed by atoms with E-state index in [2.05, 4.69) is 22.0 Å². The Morgan fingerprint density at radius 2 is 2.00 bits per heavy atom. The number of carbonyl (C=O) groups is 1. The van der Waals surface area contributed by atoms with Crippen molar-refractivity contribution < 1.29 is 9.90 Å². The zero-order valence-electron chi connectivity index (χ0n) is 13.7. The Labute approximate surface area is 137 Å². The van der Waals surface area contributed by atoms with Gasteiger partial charge in [-0.2, -0.15) is 0 Å². The van der Waals surface area contributed by atoms with Gasteiger partial charge in [0, 0.05) is 24.5 Å². The first-order valence-corrected chi connectivity index (χ1v) is 8.23. The first kappa shape index (κ1) is 15.8. The number of carbonyl (C=O) groups excluding carboxylic acids is 1. The SMILES string of the molecule is Cc1cc(C(=O)NCC(O)C2CC2)c(C)n1Cc1ccccc1. The van der Waals surface area contributed by atoms with Crippen molar-refractivity contribution in [3.05, 3.63) is 58.9 Å². The van der Waals surface area contributed by atoms with Crippen LogP contribution in [0.2, 0.25) is 0 Å². The molecule has 1 fully saturated rings. The third kappa shape index (κ3) is 3.64. The third-order valence-electron chi connectivity index (χ3n) is 4.64. The molecule has 1 unspecified atom stereocenters. The monoisotopic (exact) mass is 312 g/mol. The molecule has 1 aliphatic rings. The van der Waals surface area contributed by atoms with Crippen molar-refractivity contribution in [2.75, 3.05) is 6.54 Å². The predicted molar refractivity (Wildman–Crippen MR) is 90.5 cm³/mol. The molecule has 1 heterocycles. The number of benzene rings is 1. The maximum absolute atomic E-state index is 12.4. The number of nitrogens with zero attached hydrogens (tertiary/aromatic N) is 1. The van der Waals surface area contributed by atoms with E-state index in [1.165, 1.54) is 5.56 Å². The molecule has 1 amide bonds. The van der Waals surface area contributed by atoms with E-state index < -0.39 is 6.10 Å². The summed E-state index contributed by atoms with van der Waals surface area (Å²) < 4.78 is 2.15. The summed E-state index contributed by atoms with van der Waals surface area (Å²) in [6, 6.07) is 12.2. The van der Waals surface area contributed by atoms with Crippen LogP contribution in [0.15, 0.2) is 36.4 Å². The Balaban J connectivity index is 1.70. The van der Waals surface area contributed by atoms with Gasteiger partial charge in [-0.3, -0.25) is 4.79 Å². The van der Waals surface area contributed by atoms with E-state index in [4.69, 9.17) is 0 Å². The minimum absolute atomic E-state index is 0.0999. The highest BCUT2D eigenvalue weighted by Gasteiger charge is 2.30. The van der Waals surface area contributed by atoms with Gasteiger partial charge in [0.25, 0.3) is 5.91 Å². The first-order valence-electron chi connectivity index (χ1n) is 8.23. The molecule has 0 spiro atoms. The number of nitrogens with one attached hydrogen (secondary N) is 1. The minimum atomic E-state index is -0.410. The van der Waals surface area contributed by atoms with Gasteiger partial charge in [-0.05, 0) is 44.2 Å². The Morgan fingerprint density at radius 1 is 1.30 bits per heavy atom. The molecule has 4 nitrogen and oxygen atoms in total.